The number of benzene rings is 1. The van der Waals surface area contributed by atoms with Crippen molar-refractivity contribution in [1.82, 2.24) is 0 Å². The van der Waals surface area contributed by atoms with Crippen molar-refractivity contribution in [2.24, 2.45) is 5.41 Å². The summed E-state index contributed by atoms with van der Waals surface area (Å²) in [5, 5.41) is 0. The summed E-state index contributed by atoms with van der Waals surface area (Å²) in [5.41, 5.74) is -1.49. The molecule has 0 aliphatic heterocycles. The van der Waals surface area contributed by atoms with Crippen LogP contribution in [0.5, 0.6) is 5.75 Å². The summed E-state index contributed by atoms with van der Waals surface area (Å²) in [7, 11) is 0. The number of unbranched alkanes of at least 4 members (excludes halogenated alkanes) is 10. The highest BCUT2D eigenvalue weighted by atomic mass is 16.6. The fourth-order valence-corrected chi connectivity index (χ4v) is 3.36. The average molecular weight is 449 g/mol. The third-order valence-corrected chi connectivity index (χ3v) is 5.63. The van der Waals surface area contributed by atoms with Gasteiger partial charge in [-0.15, -0.1) is 0 Å². The smallest absolute Gasteiger partial charge is 0.326 e. The lowest BCUT2D eigenvalue weighted by Gasteiger charge is -2.25. The highest BCUT2D eigenvalue weighted by molar-refractivity contribution is 5.99. The van der Waals surface area contributed by atoms with E-state index in [0.29, 0.717) is 19.0 Å². The van der Waals surface area contributed by atoms with Crippen LogP contribution in [0.1, 0.15) is 97.8 Å². The molecular formula is C27H44O5. The Labute approximate surface area is 195 Å². The normalized spacial score (nSPS) is 11.2. The first-order valence-corrected chi connectivity index (χ1v) is 12.6. The minimum atomic E-state index is -1.49. The molecule has 1 aromatic rings. The predicted molar refractivity (Wildman–Crippen MR) is 129 cm³/mol. The Hall–Kier alpha value is -2.04. The van der Waals surface area contributed by atoms with Gasteiger partial charge in [0.15, 0.2) is 5.41 Å². The Kier molecular flexibility index (Phi) is 15.3. The van der Waals surface area contributed by atoms with Crippen LogP contribution < -0.4 is 4.74 Å². The quantitative estimate of drug-likeness (QED) is 0.131. The second kappa shape index (κ2) is 17.5. The van der Waals surface area contributed by atoms with Crippen LogP contribution in [-0.2, 0) is 19.1 Å². The van der Waals surface area contributed by atoms with Crippen LogP contribution in [0.25, 0.3) is 0 Å². The van der Waals surface area contributed by atoms with Crippen LogP contribution in [0, 0.1) is 5.41 Å². The van der Waals surface area contributed by atoms with Gasteiger partial charge in [-0.2, -0.15) is 0 Å². The van der Waals surface area contributed by atoms with Gasteiger partial charge in [-0.1, -0.05) is 96.3 Å². The summed E-state index contributed by atoms with van der Waals surface area (Å²) in [6.45, 7) is 6.45. The van der Waals surface area contributed by atoms with E-state index in [1.54, 1.807) is 19.1 Å². The first-order chi connectivity index (χ1) is 15.5. The summed E-state index contributed by atoms with van der Waals surface area (Å²) in [4.78, 5) is 25.7. The van der Waals surface area contributed by atoms with E-state index < -0.39 is 17.4 Å². The van der Waals surface area contributed by atoms with Crippen LogP contribution in [-0.4, -0.2) is 31.8 Å². The molecule has 0 bridgehead atoms. The van der Waals surface area contributed by atoms with Gasteiger partial charge in [0.05, 0.1) is 13.2 Å². The molecule has 0 aromatic heterocycles. The zero-order chi connectivity index (χ0) is 23.5. The van der Waals surface area contributed by atoms with Crippen LogP contribution in [0.3, 0.4) is 0 Å². The Morgan fingerprint density at radius 1 is 0.688 bits per heavy atom. The predicted octanol–water partition coefficient (Wildman–Crippen LogP) is 6.88. The zero-order valence-corrected chi connectivity index (χ0v) is 20.5. The van der Waals surface area contributed by atoms with Gasteiger partial charge in [-0.25, -0.2) is 0 Å². The molecule has 32 heavy (non-hydrogen) atoms. The minimum Gasteiger partial charge on any atom is -0.492 e. The first-order valence-electron chi connectivity index (χ1n) is 12.6. The number of hydrogen-bond donors (Lipinski definition) is 0. The lowest BCUT2D eigenvalue weighted by Crippen LogP contribution is -2.44. The monoisotopic (exact) mass is 448 g/mol. The Balaban J connectivity index is 2.54. The van der Waals surface area contributed by atoms with E-state index in [4.69, 9.17) is 14.2 Å². The standard InChI is InChI=1S/C27H44O5/c1-4-6-8-10-12-17-21-30-25(28)27(3,23-32-24-19-15-14-16-20-24)26(29)31-22-18-13-11-9-7-5-2/h14-16,19-20H,4-13,17-18,21-23H2,1-3H3. The third kappa shape index (κ3) is 11.5. The van der Waals surface area contributed by atoms with Crippen molar-refractivity contribution >= 4 is 11.9 Å². The molecule has 1 aromatic carbocycles. The molecule has 0 amide bonds. The molecule has 0 aliphatic rings. The summed E-state index contributed by atoms with van der Waals surface area (Å²) < 4.78 is 16.7. The molecule has 0 radical (unpaired) electrons. The second-order valence-corrected chi connectivity index (χ2v) is 8.74. The molecule has 0 fully saturated rings. The highest BCUT2D eigenvalue weighted by Crippen LogP contribution is 2.24. The van der Waals surface area contributed by atoms with Crippen molar-refractivity contribution in [3.8, 4) is 5.75 Å². The molecular weight excluding hydrogens is 404 g/mol. The second-order valence-electron chi connectivity index (χ2n) is 8.74. The van der Waals surface area contributed by atoms with E-state index in [1.165, 1.54) is 38.5 Å². The maximum Gasteiger partial charge on any atom is 0.326 e. The van der Waals surface area contributed by atoms with Crippen LogP contribution in [0.15, 0.2) is 30.3 Å². The first kappa shape index (κ1) is 28.0. The van der Waals surface area contributed by atoms with Crippen molar-refractivity contribution in [2.75, 3.05) is 19.8 Å². The van der Waals surface area contributed by atoms with Gasteiger partial charge in [-0.05, 0) is 31.9 Å². The van der Waals surface area contributed by atoms with E-state index >= 15 is 0 Å². The van der Waals surface area contributed by atoms with E-state index in [9.17, 15) is 9.59 Å². The van der Waals surface area contributed by atoms with Crippen molar-refractivity contribution in [2.45, 2.75) is 97.8 Å². The van der Waals surface area contributed by atoms with Crippen molar-refractivity contribution < 1.29 is 23.8 Å². The van der Waals surface area contributed by atoms with Gasteiger partial charge in [0.1, 0.15) is 12.4 Å². The molecule has 0 saturated carbocycles. The molecule has 1 rings (SSSR count). The molecule has 0 unspecified atom stereocenters. The average Bonchev–Trinajstić information content (AvgIpc) is 2.81. The van der Waals surface area contributed by atoms with Gasteiger partial charge in [0.25, 0.3) is 0 Å². The summed E-state index contributed by atoms with van der Waals surface area (Å²) in [6.07, 6.45) is 13.2. The molecule has 5 heteroatoms. The molecule has 5 nitrogen and oxygen atoms in total. The Morgan fingerprint density at radius 2 is 1.12 bits per heavy atom. The van der Waals surface area contributed by atoms with Crippen LogP contribution >= 0.6 is 0 Å². The summed E-state index contributed by atoms with van der Waals surface area (Å²) in [6, 6.07) is 9.17. The van der Waals surface area contributed by atoms with Crippen LogP contribution in [0.4, 0.5) is 0 Å². The molecule has 0 aliphatic carbocycles. The van der Waals surface area contributed by atoms with E-state index in [0.717, 1.165) is 38.5 Å². The van der Waals surface area contributed by atoms with Gasteiger partial charge >= 0.3 is 11.9 Å². The molecule has 0 N–H and O–H groups in total. The van der Waals surface area contributed by atoms with Crippen molar-refractivity contribution in [3.63, 3.8) is 0 Å². The minimum absolute atomic E-state index is 0.109. The van der Waals surface area contributed by atoms with Crippen LogP contribution in [0.2, 0.25) is 0 Å². The Morgan fingerprint density at radius 3 is 1.59 bits per heavy atom. The molecule has 0 atom stereocenters. The topological polar surface area (TPSA) is 61.8 Å². The zero-order valence-electron chi connectivity index (χ0n) is 20.5. The number of ether oxygens (including phenoxy) is 3. The lowest BCUT2D eigenvalue weighted by molar-refractivity contribution is -0.173. The fraction of sp³-hybridized carbons (Fsp3) is 0.704. The van der Waals surface area contributed by atoms with E-state index in [1.807, 2.05) is 18.2 Å². The maximum atomic E-state index is 12.9. The third-order valence-electron chi connectivity index (χ3n) is 5.63. The lowest BCUT2D eigenvalue weighted by atomic mass is 9.92. The number of esters is 2. The van der Waals surface area contributed by atoms with Gasteiger partial charge in [-0.3, -0.25) is 9.59 Å². The Bertz CT molecular complexity index is 584. The molecule has 0 saturated heterocycles. The molecule has 182 valence electrons. The fourth-order valence-electron chi connectivity index (χ4n) is 3.36. The number of carbonyl (C=O) groups excluding carboxylic acids is 2. The number of rotatable bonds is 19. The molecule has 0 spiro atoms. The van der Waals surface area contributed by atoms with Gasteiger partial charge in [0, 0.05) is 0 Å². The maximum absolute atomic E-state index is 12.9. The number of para-hydroxylation sites is 1. The van der Waals surface area contributed by atoms with Crippen molar-refractivity contribution in [3.05, 3.63) is 30.3 Å². The molecule has 0 heterocycles. The van der Waals surface area contributed by atoms with Gasteiger partial charge < -0.3 is 14.2 Å². The highest BCUT2D eigenvalue weighted by Gasteiger charge is 2.45. The summed E-state index contributed by atoms with van der Waals surface area (Å²) in [5.74, 6) is -0.545. The van der Waals surface area contributed by atoms with Crippen molar-refractivity contribution in [1.29, 1.82) is 0 Å². The largest absolute Gasteiger partial charge is 0.492 e. The van der Waals surface area contributed by atoms with Gasteiger partial charge in [0.2, 0.25) is 0 Å². The summed E-state index contributed by atoms with van der Waals surface area (Å²) >= 11 is 0. The number of hydrogen-bond acceptors (Lipinski definition) is 5. The van der Waals surface area contributed by atoms with E-state index in [-0.39, 0.29) is 6.61 Å². The van der Waals surface area contributed by atoms with E-state index in [2.05, 4.69) is 13.8 Å². The number of carbonyl (C=O) groups is 2. The SMILES string of the molecule is CCCCCCCCOC(=O)C(C)(COc1ccccc1)C(=O)OCCCCCCCC.